The minimum atomic E-state index is -0.755. The number of nitrogens with one attached hydrogen (secondary N) is 1. The van der Waals surface area contributed by atoms with Gasteiger partial charge in [0.05, 0.1) is 22.8 Å². The van der Waals surface area contributed by atoms with Gasteiger partial charge in [-0.05, 0) is 62.4 Å². The van der Waals surface area contributed by atoms with Gasteiger partial charge in [-0.1, -0.05) is 0 Å². The van der Waals surface area contributed by atoms with Crippen LogP contribution in [0.2, 0.25) is 0 Å². The molecule has 10 heteroatoms. The highest BCUT2D eigenvalue weighted by atomic mass is 16.3. The highest BCUT2D eigenvalue weighted by Crippen LogP contribution is 2.25. The van der Waals surface area contributed by atoms with Gasteiger partial charge >= 0.3 is 0 Å². The Kier molecular flexibility index (Phi) is 5.01. The highest BCUT2D eigenvalue weighted by molar-refractivity contribution is 5.82. The number of rotatable bonds is 5. The number of aliphatic hydroxyl groups is 1. The second-order valence-electron chi connectivity index (χ2n) is 7.52. The van der Waals surface area contributed by atoms with Crippen molar-refractivity contribution in [3.63, 3.8) is 0 Å². The highest BCUT2D eigenvalue weighted by Gasteiger charge is 2.16. The Labute approximate surface area is 188 Å². The van der Waals surface area contributed by atoms with Crippen LogP contribution >= 0.6 is 0 Å². The summed E-state index contributed by atoms with van der Waals surface area (Å²) >= 11 is 0. The molecule has 10 nitrogen and oxygen atoms in total. The molecule has 0 bridgehead atoms. The zero-order valence-electron chi connectivity index (χ0n) is 17.9. The lowest BCUT2D eigenvalue weighted by atomic mass is 10.1. The molecule has 1 unspecified atom stereocenters. The number of aliphatic hydroxyl groups excluding tert-OH is 1. The Balaban J connectivity index is 1.53. The van der Waals surface area contributed by atoms with E-state index in [-0.39, 0.29) is 5.69 Å². The molecule has 0 aliphatic heterocycles. The SMILES string of the molecule is Cc1ccc(Nc2ccc3c(c2)ncn3-c2ccc(C(C)O)c(-n3ccc(C#N)n3)n2)nn1. The topological polar surface area (TPSA) is 130 Å². The molecule has 5 rings (SSSR count). The van der Waals surface area contributed by atoms with Gasteiger partial charge in [-0.15, -0.1) is 5.10 Å². The van der Waals surface area contributed by atoms with Crippen LogP contribution in [-0.2, 0) is 0 Å². The van der Waals surface area contributed by atoms with Crippen LogP contribution in [0.15, 0.2) is 61.1 Å². The Morgan fingerprint density at radius 2 is 1.97 bits per heavy atom. The van der Waals surface area contributed by atoms with Gasteiger partial charge in [0.2, 0.25) is 0 Å². The third-order valence-corrected chi connectivity index (χ3v) is 5.13. The first-order valence-electron chi connectivity index (χ1n) is 10.2. The molecule has 0 aliphatic rings. The van der Waals surface area contributed by atoms with E-state index in [2.05, 4.69) is 25.6 Å². The molecular formula is C23H19N9O. The lowest BCUT2D eigenvalue weighted by Crippen LogP contribution is -2.09. The van der Waals surface area contributed by atoms with Crippen molar-refractivity contribution in [2.45, 2.75) is 20.0 Å². The van der Waals surface area contributed by atoms with Crippen LogP contribution < -0.4 is 5.32 Å². The van der Waals surface area contributed by atoms with Crippen molar-refractivity contribution < 1.29 is 5.11 Å². The molecule has 4 aromatic heterocycles. The van der Waals surface area contributed by atoms with E-state index in [1.165, 1.54) is 4.68 Å². The molecule has 0 saturated heterocycles. The van der Waals surface area contributed by atoms with Crippen LogP contribution in [0.25, 0.3) is 22.7 Å². The number of pyridine rings is 1. The molecular weight excluding hydrogens is 418 g/mol. The van der Waals surface area contributed by atoms with E-state index in [1.54, 1.807) is 31.6 Å². The van der Waals surface area contributed by atoms with Gasteiger partial charge < -0.3 is 10.4 Å². The smallest absolute Gasteiger partial charge is 0.162 e. The fourth-order valence-corrected chi connectivity index (χ4v) is 3.48. The summed E-state index contributed by atoms with van der Waals surface area (Å²) < 4.78 is 3.35. The van der Waals surface area contributed by atoms with Crippen LogP contribution in [0.3, 0.4) is 0 Å². The van der Waals surface area contributed by atoms with Gasteiger partial charge in [-0.2, -0.15) is 15.5 Å². The average molecular weight is 437 g/mol. The predicted molar refractivity (Wildman–Crippen MR) is 121 cm³/mol. The summed E-state index contributed by atoms with van der Waals surface area (Å²) in [6.45, 7) is 3.55. The number of hydrogen-bond acceptors (Lipinski definition) is 8. The molecule has 0 radical (unpaired) electrons. The first kappa shape index (κ1) is 20.3. The number of hydrogen-bond donors (Lipinski definition) is 2. The van der Waals surface area contributed by atoms with Gasteiger partial charge in [-0.25, -0.2) is 14.6 Å². The van der Waals surface area contributed by atoms with Crippen molar-refractivity contribution in [3.05, 3.63) is 78.0 Å². The fraction of sp³-hybridized carbons (Fsp3) is 0.130. The number of aromatic nitrogens is 7. The van der Waals surface area contributed by atoms with Gasteiger partial charge in [0, 0.05) is 17.4 Å². The largest absolute Gasteiger partial charge is 0.389 e. The summed E-state index contributed by atoms with van der Waals surface area (Å²) in [4.78, 5) is 9.24. The van der Waals surface area contributed by atoms with Crippen LogP contribution in [0, 0.1) is 18.3 Å². The second kappa shape index (κ2) is 8.14. The monoisotopic (exact) mass is 437 g/mol. The molecule has 33 heavy (non-hydrogen) atoms. The Bertz CT molecular complexity index is 1490. The summed E-state index contributed by atoms with van der Waals surface area (Å²) in [7, 11) is 0. The third-order valence-electron chi connectivity index (χ3n) is 5.13. The molecule has 0 spiro atoms. The number of aryl methyl sites for hydroxylation is 1. The van der Waals surface area contributed by atoms with Crippen LogP contribution in [0.4, 0.5) is 11.5 Å². The number of anilines is 2. The van der Waals surface area contributed by atoms with Crippen LogP contribution in [0.1, 0.15) is 30.0 Å². The number of nitrogens with zero attached hydrogens (tertiary/aromatic N) is 8. The van der Waals surface area contributed by atoms with Crippen LogP contribution in [-0.4, -0.2) is 39.6 Å². The van der Waals surface area contributed by atoms with Gasteiger partial charge in [0.1, 0.15) is 18.2 Å². The minimum Gasteiger partial charge on any atom is -0.389 e. The summed E-state index contributed by atoms with van der Waals surface area (Å²) in [5, 5.41) is 35.0. The number of imidazole rings is 1. The van der Waals surface area contributed by atoms with E-state index in [9.17, 15) is 5.11 Å². The first-order chi connectivity index (χ1) is 16.0. The molecule has 1 atom stereocenters. The number of fused-ring (bicyclic) bond motifs is 1. The van der Waals surface area contributed by atoms with Crippen molar-refractivity contribution >= 4 is 22.5 Å². The van der Waals surface area contributed by atoms with Gasteiger partial charge in [0.15, 0.2) is 17.3 Å². The molecule has 2 N–H and O–H groups in total. The quantitative estimate of drug-likeness (QED) is 0.428. The summed E-state index contributed by atoms with van der Waals surface area (Å²) in [5.74, 6) is 1.70. The maximum Gasteiger partial charge on any atom is 0.162 e. The zero-order valence-corrected chi connectivity index (χ0v) is 17.9. The van der Waals surface area contributed by atoms with E-state index < -0.39 is 6.10 Å². The van der Waals surface area contributed by atoms with E-state index in [4.69, 9.17) is 10.2 Å². The average Bonchev–Trinajstić information content (AvgIpc) is 3.47. The van der Waals surface area contributed by atoms with E-state index in [0.717, 1.165) is 22.4 Å². The Morgan fingerprint density at radius 1 is 1.09 bits per heavy atom. The molecule has 0 fully saturated rings. The molecule has 5 aromatic rings. The Hall–Kier alpha value is -4.62. The summed E-state index contributed by atoms with van der Waals surface area (Å²) in [6, 6.07) is 16.8. The van der Waals surface area contributed by atoms with Crippen molar-refractivity contribution in [3.8, 4) is 17.7 Å². The Morgan fingerprint density at radius 3 is 2.70 bits per heavy atom. The molecule has 0 amide bonds. The third kappa shape index (κ3) is 3.88. The molecule has 0 saturated carbocycles. The lowest BCUT2D eigenvalue weighted by Gasteiger charge is -2.13. The fourth-order valence-electron chi connectivity index (χ4n) is 3.48. The van der Waals surface area contributed by atoms with Gasteiger partial charge in [0.25, 0.3) is 0 Å². The first-order valence-corrected chi connectivity index (χ1v) is 10.2. The maximum atomic E-state index is 10.2. The number of nitriles is 1. The molecule has 162 valence electrons. The normalized spacial score (nSPS) is 11.9. The number of benzene rings is 1. The van der Waals surface area contributed by atoms with Crippen LogP contribution in [0.5, 0.6) is 0 Å². The second-order valence-corrected chi connectivity index (χ2v) is 7.52. The maximum absolute atomic E-state index is 10.2. The van der Waals surface area contributed by atoms with Crippen molar-refractivity contribution in [1.29, 1.82) is 5.26 Å². The van der Waals surface area contributed by atoms with Gasteiger partial charge in [-0.3, -0.25) is 4.57 Å². The summed E-state index contributed by atoms with van der Waals surface area (Å²) in [5.41, 5.74) is 4.18. The van der Waals surface area contributed by atoms with E-state index in [1.807, 2.05) is 54.0 Å². The molecule has 1 aromatic carbocycles. The van der Waals surface area contributed by atoms with Crippen molar-refractivity contribution in [2.75, 3.05) is 5.32 Å². The minimum absolute atomic E-state index is 0.269. The molecule has 4 heterocycles. The van der Waals surface area contributed by atoms with E-state index >= 15 is 0 Å². The lowest BCUT2D eigenvalue weighted by molar-refractivity contribution is 0.198. The van der Waals surface area contributed by atoms with Crippen molar-refractivity contribution in [2.24, 2.45) is 0 Å². The summed E-state index contributed by atoms with van der Waals surface area (Å²) in [6.07, 6.45) is 2.58. The standard InChI is InChI=1S/C23H19N9O/c1-14-3-7-21(29-28-14)26-16-4-6-20-19(11-16)25-13-31(20)22-8-5-18(15(2)33)23(27-22)32-10-9-17(12-24)30-32/h3-11,13,15,33H,1-2H3,(H,26,29). The zero-order chi connectivity index (χ0) is 22.9. The molecule has 0 aliphatic carbocycles. The predicted octanol–water partition coefficient (Wildman–Crippen LogP) is 3.37. The van der Waals surface area contributed by atoms with Crippen molar-refractivity contribution in [1.82, 2.24) is 34.5 Å². The van der Waals surface area contributed by atoms with E-state index in [0.29, 0.717) is 23.0 Å².